The van der Waals surface area contributed by atoms with Crippen molar-refractivity contribution in [3.63, 3.8) is 0 Å². The van der Waals surface area contributed by atoms with Crippen LogP contribution in [-0.4, -0.2) is 49.2 Å². The molecular formula is C17H28N4O. The molecule has 0 unspecified atom stereocenters. The molecule has 0 radical (unpaired) electrons. The van der Waals surface area contributed by atoms with Gasteiger partial charge in [0.15, 0.2) is 5.96 Å². The Morgan fingerprint density at radius 1 is 1.36 bits per heavy atom. The highest BCUT2D eigenvalue weighted by atomic mass is 16.5. The maximum absolute atomic E-state index is 6.03. The minimum atomic E-state index is -0.0126. The van der Waals surface area contributed by atoms with Gasteiger partial charge >= 0.3 is 0 Å². The number of nitrogens with one attached hydrogen (secondary N) is 1. The Bertz CT molecular complexity index is 507. The van der Waals surface area contributed by atoms with E-state index in [-0.39, 0.29) is 5.54 Å². The zero-order valence-corrected chi connectivity index (χ0v) is 13.9. The number of rotatable bonds is 5. The lowest BCUT2D eigenvalue weighted by molar-refractivity contribution is -0.00680. The molecule has 122 valence electrons. The molecule has 0 aromatic heterocycles. The van der Waals surface area contributed by atoms with Crippen LogP contribution in [0.5, 0.6) is 0 Å². The Balaban J connectivity index is 1.93. The van der Waals surface area contributed by atoms with E-state index in [9.17, 15) is 0 Å². The Labute approximate surface area is 133 Å². The standard InChI is InChI=1S/C17H28N4O/c1-4-14-6-5-7-15(12-14)20-16(18)19-13-17(2,3)21-8-10-22-11-9-21/h5-7,12H,4,8-11,13H2,1-3H3,(H3,18,19,20). The number of guanidine groups is 1. The lowest BCUT2D eigenvalue weighted by Crippen LogP contribution is -2.51. The Morgan fingerprint density at radius 3 is 2.77 bits per heavy atom. The Kier molecular flexibility index (Phi) is 5.80. The van der Waals surface area contributed by atoms with E-state index in [0.29, 0.717) is 12.5 Å². The van der Waals surface area contributed by atoms with Gasteiger partial charge in [0.25, 0.3) is 0 Å². The third kappa shape index (κ3) is 4.71. The summed E-state index contributed by atoms with van der Waals surface area (Å²) in [5.74, 6) is 0.467. The number of hydrogen-bond acceptors (Lipinski definition) is 3. The third-order valence-electron chi connectivity index (χ3n) is 4.11. The number of ether oxygens (including phenoxy) is 1. The summed E-state index contributed by atoms with van der Waals surface area (Å²) in [6.07, 6.45) is 1.01. The van der Waals surface area contributed by atoms with Gasteiger partial charge in [-0.25, -0.2) is 0 Å². The highest BCUT2D eigenvalue weighted by Gasteiger charge is 2.27. The molecule has 1 heterocycles. The van der Waals surface area contributed by atoms with E-state index >= 15 is 0 Å². The molecule has 5 nitrogen and oxygen atoms in total. The minimum Gasteiger partial charge on any atom is -0.379 e. The van der Waals surface area contributed by atoms with Crippen molar-refractivity contribution in [3.8, 4) is 0 Å². The van der Waals surface area contributed by atoms with Gasteiger partial charge in [-0.3, -0.25) is 9.89 Å². The van der Waals surface area contributed by atoms with Crippen molar-refractivity contribution in [3.05, 3.63) is 29.8 Å². The molecule has 1 aliphatic rings. The van der Waals surface area contributed by atoms with E-state index in [2.05, 4.69) is 48.1 Å². The summed E-state index contributed by atoms with van der Waals surface area (Å²) < 4.78 is 5.41. The van der Waals surface area contributed by atoms with E-state index in [1.165, 1.54) is 5.56 Å². The van der Waals surface area contributed by atoms with Crippen molar-refractivity contribution in [2.24, 2.45) is 10.7 Å². The summed E-state index contributed by atoms with van der Waals surface area (Å²) in [5.41, 5.74) is 8.29. The van der Waals surface area contributed by atoms with Crippen LogP contribution >= 0.6 is 0 Å². The molecule has 1 aromatic carbocycles. The Morgan fingerprint density at radius 2 is 2.09 bits per heavy atom. The smallest absolute Gasteiger partial charge is 0.193 e. The van der Waals surface area contributed by atoms with Gasteiger partial charge in [-0.2, -0.15) is 0 Å². The van der Waals surface area contributed by atoms with Gasteiger partial charge in [0.05, 0.1) is 19.8 Å². The van der Waals surface area contributed by atoms with Crippen molar-refractivity contribution < 1.29 is 4.74 Å². The molecule has 0 bridgehead atoms. The number of morpholine rings is 1. The van der Waals surface area contributed by atoms with Crippen LogP contribution in [0.15, 0.2) is 29.3 Å². The summed E-state index contributed by atoms with van der Waals surface area (Å²) >= 11 is 0. The maximum atomic E-state index is 6.03. The van der Waals surface area contributed by atoms with Crippen LogP contribution in [0.2, 0.25) is 0 Å². The second-order valence-electron chi connectivity index (χ2n) is 6.29. The highest BCUT2D eigenvalue weighted by Crippen LogP contribution is 2.17. The van der Waals surface area contributed by atoms with Gasteiger partial charge < -0.3 is 15.8 Å². The topological polar surface area (TPSA) is 62.9 Å². The fourth-order valence-electron chi connectivity index (χ4n) is 2.60. The number of aryl methyl sites for hydroxylation is 1. The molecule has 1 fully saturated rings. The first-order valence-electron chi connectivity index (χ1n) is 8.00. The van der Waals surface area contributed by atoms with E-state index < -0.39 is 0 Å². The van der Waals surface area contributed by atoms with Crippen molar-refractivity contribution in [1.29, 1.82) is 0 Å². The SMILES string of the molecule is CCc1cccc(NC(N)=NCC(C)(C)N2CCOCC2)c1. The lowest BCUT2D eigenvalue weighted by atomic mass is 10.0. The minimum absolute atomic E-state index is 0.0126. The molecule has 1 aromatic rings. The zero-order chi connectivity index (χ0) is 16.0. The third-order valence-corrected chi connectivity index (χ3v) is 4.11. The van der Waals surface area contributed by atoms with Crippen molar-refractivity contribution in [2.45, 2.75) is 32.7 Å². The fraction of sp³-hybridized carbons (Fsp3) is 0.588. The first-order valence-corrected chi connectivity index (χ1v) is 8.00. The molecule has 0 atom stereocenters. The average Bonchev–Trinajstić information content (AvgIpc) is 2.54. The largest absolute Gasteiger partial charge is 0.379 e. The second kappa shape index (κ2) is 7.61. The molecule has 0 amide bonds. The van der Waals surface area contributed by atoms with E-state index in [4.69, 9.17) is 10.5 Å². The lowest BCUT2D eigenvalue weighted by Gasteiger charge is -2.39. The number of aliphatic imine (C=N–C) groups is 1. The molecule has 3 N–H and O–H groups in total. The van der Waals surface area contributed by atoms with Crippen LogP contribution in [0.3, 0.4) is 0 Å². The van der Waals surface area contributed by atoms with Crippen molar-refractivity contribution in [1.82, 2.24) is 4.90 Å². The molecule has 1 aliphatic heterocycles. The molecule has 5 heteroatoms. The number of benzene rings is 1. The molecular weight excluding hydrogens is 276 g/mol. The van der Waals surface area contributed by atoms with Crippen LogP contribution in [-0.2, 0) is 11.2 Å². The number of hydrogen-bond donors (Lipinski definition) is 2. The van der Waals surface area contributed by atoms with Gasteiger partial charge in [-0.15, -0.1) is 0 Å². The monoisotopic (exact) mass is 304 g/mol. The van der Waals surface area contributed by atoms with Gasteiger partial charge in [0.1, 0.15) is 0 Å². The molecule has 0 spiro atoms. The van der Waals surface area contributed by atoms with E-state index in [1.54, 1.807) is 0 Å². The highest BCUT2D eigenvalue weighted by molar-refractivity contribution is 5.92. The first kappa shape index (κ1) is 16.8. The van der Waals surface area contributed by atoms with E-state index in [1.807, 2.05) is 12.1 Å². The number of nitrogens with two attached hydrogens (primary N) is 1. The summed E-state index contributed by atoms with van der Waals surface area (Å²) in [4.78, 5) is 6.93. The summed E-state index contributed by atoms with van der Waals surface area (Å²) in [6, 6.07) is 8.26. The quantitative estimate of drug-likeness (QED) is 0.646. The normalized spacial score (nSPS) is 17.5. The maximum Gasteiger partial charge on any atom is 0.193 e. The summed E-state index contributed by atoms with van der Waals surface area (Å²) in [6.45, 7) is 10.7. The van der Waals surface area contributed by atoms with Gasteiger partial charge in [-0.1, -0.05) is 19.1 Å². The average molecular weight is 304 g/mol. The molecule has 0 saturated carbocycles. The summed E-state index contributed by atoms with van der Waals surface area (Å²) in [7, 11) is 0. The van der Waals surface area contributed by atoms with Gasteiger partial charge in [0.2, 0.25) is 0 Å². The molecule has 0 aliphatic carbocycles. The van der Waals surface area contributed by atoms with Crippen LogP contribution in [0.25, 0.3) is 0 Å². The molecule has 2 rings (SSSR count). The predicted molar refractivity (Wildman–Crippen MR) is 92.4 cm³/mol. The second-order valence-corrected chi connectivity index (χ2v) is 6.29. The van der Waals surface area contributed by atoms with Crippen molar-refractivity contribution in [2.75, 3.05) is 38.2 Å². The van der Waals surface area contributed by atoms with Crippen LogP contribution in [0.1, 0.15) is 26.3 Å². The number of nitrogens with zero attached hydrogens (tertiary/aromatic N) is 2. The van der Waals surface area contributed by atoms with Gasteiger partial charge in [-0.05, 0) is 38.0 Å². The fourth-order valence-corrected chi connectivity index (χ4v) is 2.60. The number of anilines is 1. The molecule has 22 heavy (non-hydrogen) atoms. The molecule has 1 saturated heterocycles. The van der Waals surface area contributed by atoms with Crippen molar-refractivity contribution >= 4 is 11.6 Å². The zero-order valence-electron chi connectivity index (χ0n) is 13.9. The van der Waals surface area contributed by atoms with Crippen LogP contribution in [0, 0.1) is 0 Å². The Hall–Kier alpha value is -1.59. The predicted octanol–water partition coefficient (Wildman–Crippen LogP) is 2.09. The van der Waals surface area contributed by atoms with Gasteiger partial charge in [0, 0.05) is 24.3 Å². The first-order chi connectivity index (χ1) is 10.5. The van der Waals surface area contributed by atoms with Crippen LogP contribution < -0.4 is 11.1 Å². The van der Waals surface area contributed by atoms with Crippen LogP contribution in [0.4, 0.5) is 5.69 Å². The van der Waals surface area contributed by atoms with E-state index in [0.717, 1.165) is 38.4 Å². The summed E-state index contributed by atoms with van der Waals surface area (Å²) in [5, 5.41) is 3.18.